The average molecular weight is 574 g/mol. The Labute approximate surface area is 222 Å². The van der Waals surface area contributed by atoms with E-state index in [1.807, 2.05) is 26.0 Å². The lowest BCUT2D eigenvalue weighted by atomic mass is 9.63. The van der Waals surface area contributed by atoms with E-state index in [9.17, 15) is 14.4 Å². The SMILES string of the molecule is Cc1cc(N(CN2C(=O)C3C4C=CC(C5CC45)C3C2=O)C(=O)c2ccc(Cl)c(Cl)c2)cc(C)c1Br. The van der Waals surface area contributed by atoms with Crippen LogP contribution in [0.2, 0.25) is 10.0 Å². The van der Waals surface area contributed by atoms with E-state index in [2.05, 4.69) is 28.1 Å². The third kappa shape index (κ3) is 3.52. The number of hydrogen-bond donors (Lipinski definition) is 0. The molecule has 0 N–H and O–H groups in total. The highest BCUT2D eigenvalue weighted by atomic mass is 79.9. The van der Waals surface area contributed by atoms with Crippen molar-refractivity contribution in [1.82, 2.24) is 4.90 Å². The van der Waals surface area contributed by atoms with E-state index in [1.165, 1.54) is 15.9 Å². The van der Waals surface area contributed by atoms with Crippen molar-refractivity contribution in [3.05, 3.63) is 73.7 Å². The molecule has 4 aliphatic carbocycles. The maximum absolute atomic E-state index is 13.8. The van der Waals surface area contributed by atoms with Gasteiger partial charge in [-0.3, -0.25) is 24.2 Å². The zero-order valence-electron chi connectivity index (χ0n) is 19.2. The van der Waals surface area contributed by atoms with Crippen molar-refractivity contribution in [2.75, 3.05) is 11.6 Å². The molecule has 1 aliphatic heterocycles. The number of carbonyl (C=O) groups excluding carboxylic acids is 3. The van der Waals surface area contributed by atoms with Crippen LogP contribution in [0.25, 0.3) is 0 Å². The number of likely N-dealkylation sites (tertiary alicyclic amines) is 1. The van der Waals surface area contributed by atoms with E-state index in [0.717, 1.165) is 22.0 Å². The van der Waals surface area contributed by atoms with Gasteiger partial charge in [-0.25, -0.2) is 0 Å². The van der Waals surface area contributed by atoms with Gasteiger partial charge in [0, 0.05) is 15.7 Å². The van der Waals surface area contributed by atoms with Crippen molar-refractivity contribution in [3.63, 3.8) is 0 Å². The number of nitrogens with zero attached hydrogens (tertiary/aromatic N) is 2. The van der Waals surface area contributed by atoms with Crippen molar-refractivity contribution < 1.29 is 14.4 Å². The van der Waals surface area contributed by atoms with Gasteiger partial charge in [-0.05, 0) is 85.4 Å². The number of hydrogen-bond acceptors (Lipinski definition) is 3. The molecule has 2 aromatic rings. The summed E-state index contributed by atoms with van der Waals surface area (Å²) >= 11 is 15.9. The first kappa shape index (κ1) is 23.3. The zero-order valence-corrected chi connectivity index (χ0v) is 22.3. The van der Waals surface area contributed by atoms with E-state index in [-0.39, 0.29) is 53.1 Å². The summed E-state index contributed by atoms with van der Waals surface area (Å²) in [6, 6.07) is 8.45. The van der Waals surface area contributed by atoms with E-state index in [0.29, 0.717) is 28.1 Å². The van der Waals surface area contributed by atoms with E-state index in [4.69, 9.17) is 23.2 Å². The molecule has 2 bridgehead atoms. The molecule has 2 saturated carbocycles. The Balaban J connectivity index is 1.38. The molecule has 35 heavy (non-hydrogen) atoms. The molecular weight excluding hydrogens is 551 g/mol. The van der Waals surface area contributed by atoms with Gasteiger partial charge in [-0.15, -0.1) is 0 Å². The largest absolute Gasteiger partial charge is 0.290 e. The second-order valence-corrected chi connectivity index (χ2v) is 11.8. The first-order chi connectivity index (χ1) is 16.7. The molecule has 1 heterocycles. The summed E-state index contributed by atoms with van der Waals surface area (Å²) in [6.07, 6.45) is 5.40. The molecule has 2 aromatic carbocycles. The lowest BCUT2D eigenvalue weighted by Crippen LogP contribution is -2.45. The first-order valence-electron chi connectivity index (χ1n) is 11.7. The predicted molar refractivity (Wildman–Crippen MR) is 138 cm³/mol. The highest BCUT2D eigenvalue weighted by molar-refractivity contribution is 9.10. The number of halogens is 3. The number of rotatable bonds is 4. The highest BCUT2D eigenvalue weighted by Crippen LogP contribution is 2.65. The molecule has 8 heteroatoms. The second kappa shape index (κ2) is 8.19. The number of amides is 3. The number of carbonyl (C=O) groups is 3. The minimum atomic E-state index is -0.357. The van der Waals surface area contributed by atoms with Crippen LogP contribution in [0.15, 0.2) is 47.0 Å². The third-order valence-electron chi connectivity index (χ3n) is 8.18. The molecule has 5 aliphatic rings. The number of anilines is 1. The minimum absolute atomic E-state index is 0.132. The smallest absolute Gasteiger partial charge is 0.259 e. The number of aryl methyl sites for hydroxylation is 2. The molecular formula is C27H23BrCl2N2O3. The van der Waals surface area contributed by atoms with Gasteiger partial charge in [0.1, 0.15) is 6.67 Å². The lowest BCUT2D eigenvalue weighted by Gasteiger charge is -2.37. The van der Waals surface area contributed by atoms with Gasteiger partial charge in [0.15, 0.2) is 0 Å². The average Bonchev–Trinajstić information content (AvgIpc) is 3.62. The molecule has 5 nitrogen and oxygen atoms in total. The second-order valence-electron chi connectivity index (χ2n) is 10.2. The summed E-state index contributed by atoms with van der Waals surface area (Å²) in [7, 11) is 0. The van der Waals surface area contributed by atoms with Crippen LogP contribution >= 0.6 is 39.1 Å². The lowest BCUT2D eigenvalue weighted by molar-refractivity contribution is -0.140. The van der Waals surface area contributed by atoms with Crippen molar-refractivity contribution in [2.45, 2.75) is 20.3 Å². The summed E-state index contributed by atoms with van der Waals surface area (Å²) < 4.78 is 0.949. The van der Waals surface area contributed by atoms with Crippen molar-refractivity contribution in [3.8, 4) is 0 Å². The van der Waals surface area contributed by atoms with Crippen LogP contribution in [0.3, 0.4) is 0 Å². The number of benzene rings is 2. The van der Waals surface area contributed by atoms with Gasteiger partial charge in [0.25, 0.3) is 5.91 Å². The Hall–Kier alpha value is -2.15. The number of imide groups is 1. The molecule has 7 rings (SSSR count). The van der Waals surface area contributed by atoms with Crippen molar-refractivity contribution in [2.24, 2.45) is 35.5 Å². The van der Waals surface area contributed by atoms with Crippen LogP contribution in [0.1, 0.15) is 27.9 Å². The van der Waals surface area contributed by atoms with Crippen LogP contribution in [0.5, 0.6) is 0 Å². The van der Waals surface area contributed by atoms with Gasteiger partial charge >= 0.3 is 0 Å². The summed E-state index contributed by atoms with van der Waals surface area (Å²) in [5.41, 5.74) is 2.83. The molecule has 3 amide bonds. The van der Waals surface area contributed by atoms with Crippen LogP contribution < -0.4 is 4.90 Å². The number of allylic oxidation sites excluding steroid dienone is 2. The minimum Gasteiger partial charge on any atom is -0.290 e. The summed E-state index contributed by atoms with van der Waals surface area (Å²) in [4.78, 5) is 43.8. The summed E-state index contributed by atoms with van der Waals surface area (Å²) in [5.74, 6) is 0.00431. The molecule has 0 aromatic heterocycles. The maximum atomic E-state index is 13.8. The fraction of sp³-hybridized carbons (Fsp3) is 0.370. The molecule has 3 fully saturated rings. The van der Waals surface area contributed by atoms with Gasteiger partial charge in [0.2, 0.25) is 11.8 Å². The molecule has 1 saturated heterocycles. The Bertz CT molecular complexity index is 1280. The van der Waals surface area contributed by atoms with Gasteiger partial charge < -0.3 is 0 Å². The molecule has 180 valence electrons. The van der Waals surface area contributed by atoms with Crippen LogP contribution in [-0.2, 0) is 9.59 Å². The Morgan fingerprint density at radius 3 is 2.09 bits per heavy atom. The quantitative estimate of drug-likeness (QED) is 0.331. The van der Waals surface area contributed by atoms with E-state index < -0.39 is 0 Å². The van der Waals surface area contributed by atoms with Crippen LogP contribution in [0, 0.1) is 49.4 Å². The van der Waals surface area contributed by atoms with Crippen LogP contribution in [-0.4, -0.2) is 29.3 Å². The van der Waals surface area contributed by atoms with Crippen LogP contribution in [0.4, 0.5) is 5.69 Å². The van der Waals surface area contributed by atoms with Crippen molar-refractivity contribution in [1.29, 1.82) is 0 Å². The molecule has 6 atom stereocenters. The third-order valence-corrected chi connectivity index (χ3v) is 10.2. The first-order valence-corrected chi connectivity index (χ1v) is 13.3. The van der Waals surface area contributed by atoms with E-state index in [1.54, 1.807) is 12.1 Å². The molecule has 0 spiro atoms. The predicted octanol–water partition coefficient (Wildman–Crippen LogP) is 6.03. The van der Waals surface area contributed by atoms with Crippen molar-refractivity contribution >= 4 is 62.5 Å². The Morgan fingerprint density at radius 2 is 1.54 bits per heavy atom. The topological polar surface area (TPSA) is 57.7 Å². The molecule has 6 unspecified atom stereocenters. The van der Waals surface area contributed by atoms with Gasteiger partial charge in [-0.1, -0.05) is 51.3 Å². The Kier molecular flexibility index (Phi) is 5.44. The summed E-state index contributed by atoms with van der Waals surface area (Å²) in [6.45, 7) is 3.75. The zero-order chi connectivity index (χ0) is 24.8. The normalized spacial score (nSPS) is 29.9. The monoisotopic (exact) mass is 572 g/mol. The summed E-state index contributed by atoms with van der Waals surface area (Å²) in [5, 5.41) is 0.613. The Morgan fingerprint density at radius 1 is 0.971 bits per heavy atom. The van der Waals surface area contributed by atoms with Gasteiger partial charge in [0.05, 0.1) is 21.9 Å². The fourth-order valence-corrected chi connectivity index (χ4v) is 6.95. The highest BCUT2D eigenvalue weighted by Gasteiger charge is 2.67. The van der Waals surface area contributed by atoms with E-state index >= 15 is 0 Å². The fourth-order valence-electron chi connectivity index (χ4n) is 6.43. The maximum Gasteiger partial charge on any atom is 0.259 e. The molecule has 0 radical (unpaired) electrons. The van der Waals surface area contributed by atoms with Gasteiger partial charge in [-0.2, -0.15) is 0 Å². The standard InChI is InChI=1S/C27H23BrCl2N2O3/c1-12-7-15(8-13(2)24(12)28)31(25(33)14-3-6-20(29)21(30)9-14)11-32-26(34)22-16-4-5-17(19-10-18(16)19)23(22)27(32)35/h3-9,16-19,22-23H,10-11H2,1-2H3.